The van der Waals surface area contributed by atoms with Crippen LogP contribution in [0.2, 0.25) is 0 Å². The van der Waals surface area contributed by atoms with Crippen LogP contribution in [0, 0.1) is 10.8 Å². The van der Waals surface area contributed by atoms with Crippen LogP contribution < -0.4 is 0 Å². The summed E-state index contributed by atoms with van der Waals surface area (Å²) in [5, 5.41) is 32.3. The van der Waals surface area contributed by atoms with Crippen LogP contribution in [-0.4, -0.2) is 45.6 Å². The Morgan fingerprint density at radius 1 is 0.971 bits per heavy atom. The molecule has 0 aliphatic heterocycles. The summed E-state index contributed by atoms with van der Waals surface area (Å²) < 4.78 is 5.67. The van der Waals surface area contributed by atoms with Gasteiger partial charge in [0.15, 0.2) is 0 Å². The third kappa shape index (κ3) is 6.45. The molecule has 0 saturated heterocycles. The first-order chi connectivity index (χ1) is 16.9. The molecule has 2 saturated carbocycles. The minimum absolute atomic E-state index is 0.163. The number of carboxylic acids is 1. The maximum absolute atomic E-state index is 12.6. The summed E-state index contributed by atoms with van der Waals surface area (Å²) in [7, 11) is 0. The fourth-order valence-corrected chi connectivity index (χ4v) is 6.36. The second-order valence-corrected chi connectivity index (χ2v) is 10.9. The molecule has 1 aromatic carbocycles. The van der Waals surface area contributed by atoms with Crippen LogP contribution in [-0.2, 0) is 20.7 Å². The van der Waals surface area contributed by atoms with Gasteiger partial charge in [0, 0.05) is 11.8 Å². The van der Waals surface area contributed by atoms with Crippen molar-refractivity contribution in [1.82, 2.24) is 0 Å². The van der Waals surface area contributed by atoms with E-state index in [1.54, 1.807) is 0 Å². The van der Waals surface area contributed by atoms with Gasteiger partial charge in [-0.2, -0.15) is 0 Å². The zero-order valence-corrected chi connectivity index (χ0v) is 21.3. The van der Waals surface area contributed by atoms with Gasteiger partial charge in [0.25, 0.3) is 0 Å². The minimum Gasteiger partial charge on any atom is -0.481 e. The molecule has 0 aromatic heterocycles. The van der Waals surface area contributed by atoms with Gasteiger partial charge in [-0.15, -0.1) is 0 Å². The predicted molar refractivity (Wildman–Crippen MR) is 135 cm³/mol. The fraction of sp³-hybridized carbons (Fsp3) is 0.724. The highest BCUT2D eigenvalue weighted by Gasteiger charge is 2.71. The van der Waals surface area contributed by atoms with Gasteiger partial charge in [-0.05, 0) is 50.5 Å². The standard InChI is InChI=1S/C29H44O6/c1-2-3-4-5-12-17-24(31)35-26-25(32)28(20-18-23(30)29(26,21-28)27(33)34)19-13-7-6-9-14-22-15-10-8-11-16-22/h8,10-11,15-16,23,25-26,30,32H,2-7,9,12-14,17-21H2,1H3,(H,33,34)/t23?,25-,26+,28?,29?/m0/s1. The van der Waals surface area contributed by atoms with E-state index >= 15 is 0 Å². The van der Waals surface area contributed by atoms with Crippen LogP contribution >= 0.6 is 0 Å². The van der Waals surface area contributed by atoms with Crippen molar-refractivity contribution in [2.45, 2.75) is 122 Å². The summed E-state index contributed by atoms with van der Waals surface area (Å²) in [6.07, 6.45) is 8.56. The molecule has 3 rings (SSSR count). The zero-order chi connectivity index (χ0) is 25.3. The summed E-state index contributed by atoms with van der Waals surface area (Å²) in [5.74, 6) is -1.64. The molecule has 0 spiro atoms. The number of aliphatic carboxylic acids is 1. The maximum atomic E-state index is 12.6. The molecule has 6 heteroatoms. The molecule has 5 atom stereocenters. The van der Waals surface area contributed by atoms with E-state index in [0.717, 1.165) is 57.8 Å². The van der Waals surface area contributed by atoms with Crippen LogP contribution in [0.3, 0.4) is 0 Å². The number of hydrogen-bond acceptors (Lipinski definition) is 5. The van der Waals surface area contributed by atoms with E-state index in [4.69, 9.17) is 4.74 Å². The van der Waals surface area contributed by atoms with Crippen molar-refractivity contribution >= 4 is 11.9 Å². The van der Waals surface area contributed by atoms with Crippen molar-refractivity contribution in [3.05, 3.63) is 35.9 Å². The molecule has 35 heavy (non-hydrogen) atoms. The van der Waals surface area contributed by atoms with Crippen molar-refractivity contribution in [2.24, 2.45) is 10.8 Å². The fourth-order valence-electron chi connectivity index (χ4n) is 6.36. The van der Waals surface area contributed by atoms with Crippen LogP contribution in [0.1, 0.15) is 102 Å². The lowest BCUT2D eigenvalue weighted by Gasteiger charge is -2.40. The number of carboxylic acid groups (broad SMARTS) is 1. The Morgan fingerprint density at radius 2 is 1.66 bits per heavy atom. The number of unbranched alkanes of at least 4 members (excludes halogenated alkanes) is 7. The Labute approximate surface area is 210 Å². The molecule has 2 fully saturated rings. The molecule has 6 nitrogen and oxygen atoms in total. The average molecular weight is 489 g/mol. The Kier molecular flexibility index (Phi) is 10.2. The quantitative estimate of drug-likeness (QED) is 0.225. The van der Waals surface area contributed by atoms with Gasteiger partial charge in [-0.3, -0.25) is 9.59 Å². The zero-order valence-electron chi connectivity index (χ0n) is 21.3. The lowest BCUT2D eigenvalue weighted by atomic mass is 9.65. The molecule has 2 aliphatic rings. The van der Waals surface area contributed by atoms with Gasteiger partial charge in [0.2, 0.25) is 0 Å². The van der Waals surface area contributed by atoms with E-state index < -0.39 is 41.1 Å². The molecule has 0 amide bonds. The van der Waals surface area contributed by atoms with Gasteiger partial charge in [0.05, 0.1) is 12.2 Å². The Morgan fingerprint density at radius 3 is 2.37 bits per heavy atom. The largest absolute Gasteiger partial charge is 0.481 e. The van der Waals surface area contributed by atoms with E-state index in [2.05, 4.69) is 31.2 Å². The number of aliphatic hydroxyl groups excluding tert-OH is 2. The predicted octanol–water partition coefficient (Wildman–Crippen LogP) is 5.43. The summed E-state index contributed by atoms with van der Waals surface area (Å²) in [4.78, 5) is 25.0. The molecule has 196 valence electrons. The van der Waals surface area contributed by atoms with Crippen LogP contribution in [0.15, 0.2) is 30.3 Å². The maximum Gasteiger partial charge on any atom is 0.316 e. The van der Waals surface area contributed by atoms with E-state index in [1.165, 1.54) is 5.56 Å². The minimum atomic E-state index is -1.62. The van der Waals surface area contributed by atoms with E-state index in [-0.39, 0.29) is 12.8 Å². The number of ether oxygens (including phenoxy) is 1. The highest BCUT2D eigenvalue weighted by Crippen LogP contribution is 2.61. The summed E-state index contributed by atoms with van der Waals surface area (Å²) >= 11 is 0. The van der Waals surface area contributed by atoms with Crippen LogP contribution in [0.5, 0.6) is 0 Å². The van der Waals surface area contributed by atoms with Crippen LogP contribution in [0.25, 0.3) is 0 Å². The second-order valence-electron chi connectivity index (χ2n) is 10.9. The van der Waals surface area contributed by atoms with E-state index in [1.807, 2.05) is 6.07 Å². The van der Waals surface area contributed by atoms with Crippen molar-refractivity contribution in [1.29, 1.82) is 0 Å². The normalized spacial score (nSPS) is 29.7. The lowest BCUT2D eigenvalue weighted by Crippen LogP contribution is -2.52. The molecule has 2 aliphatic carbocycles. The second kappa shape index (κ2) is 12.9. The van der Waals surface area contributed by atoms with Gasteiger partial charge < -0.3 is 20.1 Å². The molecule has 1 aromatic rings. The molecule has 0 heterocycles. The smallest absolute Gasteiger partial charge is 0.316 e. The topological polar surface area (TPSA) is 104 Å². The molecular formula is C29H44O6. The number of benzene rings is 1. The van der Waals surface area contributed by atoms with Crippen molar-refractivity contribution in [3.8, 4) is 0 Å². The van der Waals surface area contributed by atoms with Crippen molar-refractivity contribution in [2.75, 3.05) is 0 Å². The van der Waals surface area contributed by atoms with Gasteiger partial charge in [0.1, 0.15) is 11.5 Å². The third-order valence-corrected chi connectivity index (χ3v) is 8.45. The molecule has 2 bridgehead atoms. The van der Waals surface area contributed by atoms with Gasteiger partial charge in [-0.1, -0.05) is 82.2 Å². The van der Waals surface area contributed by atoms with Crippen molar-refractivity contribution < 1.29 is 29.6 Å². The summed E-state index contributed by atoms with van der Waals surface area (Å²) in [5.41, 5.74) is -0.911. The number of hydrogen-bond donors (Lipinski definition) is 3. The number of fused-ring (bicyclic) bond motifs is 2. The number of rotatable bonds is 15. The lowest BCUT2D eigenvalue weighted by molar-refractivity contribution is -0.183. The average Bonchev–Trinajstić information content (AvgIpc) is 3.05. The highest BCUT2D eigenvalue weighted by atomic mass is 16.6. The SMILES string of the molecule is CCCCCCCC(=O)O[C@@H]1[C@H](O)C2(CCCCCCc3ccccc3)CCC(O)C1(C(=O)O)C2. The van der Waals surface area contributed by atoms with Crippen LogP contribution in [0.4, 0.5) is 0 Å². The Balaban J connectivity index is 1.56. The first-order valence-electron chi connectivity index (χ1n) is 13.7. The van der Waals surface area contributed by atoms with Gasteiger partial charge >= 0.3 is 11.9 Å². The third-order valence-electron chi connectivity index (χ3n) is 8.45. The van der Waals surface area contributed by atoms with Crippen molar-refractivity contribution in [3.63, 3.8) is 0 Å². The number of esters is 1. The molecule has 3 N–H and O–H groups in total. The Hall–Kier alpha value is -1.92. The van der Waals surface area contributed by atoms with Gasteiger partial charge in [-0.25, -0.2) is 0 Å². The molecule has 0 radical (unpaired) electrons. The first-order valence-corrected chi connectivity index (χ1v) is 13.7. The highest BCUT2D eigenvalue weighted by molar-refractivity contribution is 5.79. The monoisotopic (exact) mass is 488 g/mol. The van der Waals surface area contributed by atoms with E-state index in [0.29, 0.717) is 25.7 Å². The first kappa shape index (κ1) is 27.7. The van der Waals surface area contributed by atoms with E-state index in [9.17, 15) is 24.9 Å². The number of aliphatic hydroxyl groups is 2. The number of aryl methyl sites for hydroxylation is 1. The summed E-state index contributed by atoms with van der Waals surface area (Å²) in [6.45, 7) is 2.13. The summed E-state index contributed by atoms with van der Waals surface area (Å²) in [6, 6.07) is 10.4. The molecular weight excluding hydrogens is 444 g/mol. The number of carbonyl (C=O) groups is 2. The number of carbonyl (C=O) groups excluding carboxylic acids is 1. The Bertz CT molecular complexity index is 811. The molecule has 3 unspecified atom stereocenters.